The Kier molecular flexibility index (Phi) is 6.91. The van der Waals surface area contributed by atoms with Gasteiger partial charge >= 0.3 is 17.8 Å². The number of nitrogens with zero attached hydrogens (tertiary/aromatic N) is 1. The fourth-order valence-electron chi connectivity index (χ4n) is 2.30. The number of para-hydroxylation sites is 1. The van der Waals surface area contributed by atoms with Gasteiger partial charge in [-0.15, -0.1) is 0 Å². The normalized spacial score (nSPS) is 10.4. The highest BCUT2D eigenvalue weighted by Gasteiger charge is 2.12. The van der Waals surface area contributed by atoms with E-state index in [1.807, 2.05) is 0 Å². The Hall–Kier alpha value is -3.97. The molecule has 0 bridgehead atoms. The van der Waals surface area contributed by atoms with Crippen LogP contribution in [0.5, 0.6) is 5.75 Å². The number of hydrazone groups is 1. The SMILES string of the molecule is O=C(NN=Cc1ccc(OC(=O)c2ccc(Cl)cc2)cc1)C(=O)Nc1ccccc1. The molecular weight excluding hydrogens is 406 g/mol. The van der Waals surface area contributed by atoms with Crippen LogP contribution < -0.4 is 15.5 Å². The van der Waals surface area contributed by atoms with E-state index in [1.54, 1.807) is 78.9 Å². The first kappa shape index (κ1) is 20.8. The largest absolute Gasteiger partial charge is 0.423 e. The molecule has 0 aromatic heterocycles. The lowest BCUT2D eigenvalue weighted by Crippen LogP contribution is -2.32. The fraction of sp³-hybridized carbons (Fsp3) is 0. The predicted octanol–water partition coefficient (Wildman–Crippen LogP) is 3.65. The first-order valence-corrected chi connectivity index (χ1v) is 9.16. The quantitative estimate of drug-likeness (QED) is 0.216. The van der Waals surface area contributed by atoms with Crippen LogP contribution >= 0.6 is 11.6 Å². The molecule has 7 nitrogen and oxygen atoms in total. The van der Waals surface area contributed by atoms with Crippen molar-refractivity contribution in [2.75, 3.05) is 5.32 Å². The smallest absolute Gasteiger partial charge is 0.343 e. The molecule has 0 saturated heterocycles. The molecule has 0 unspecified atom stereocenters. The zero-order valence-electron chi connectivity index (χ0n) is 15.5. The summed E-state index contributed by atoms with van der Waals surface area (Å²) >= 11 is 5.80. The fourth-order valence-corrected chi connectivity index (χ4v) is 2.43. The summed E-state index contributed by atoms with van der Waals surface area (Å²) in [6.45, 7) is 0. The Morgan fingerprint density at radius 3 is 2.17 bits per heavy atom. The van der Waals surface area contributed by atoms with Gasteiger partial charge in [0.05, 0.1) is 11.8 Å². The number of benzene rings is 3. The number of nitrogens with one attached hydrogen (secondary N) is 2. The maximum Gasteiger partial charge on any atom is 0.343 e. The van der Waals surface area contributed by atoms with E-state index < -0.39 is 17.8 Å². The van der Waals surface area contributed by atoms with Gasteiger partial charge in [-0.3, -0.25) is 9.59 Å². The molecule has 8 heteroatoms. The van der Waals surface area contributed by atoms with Gasteiger partial charge in [0, 0.05) is 10.7 Å². The van der Waals surface area contributed by atoms with Crippen LogP contribution in [0.2, 0.25) is 5.02 Å². The van der Waals surface area contributed by atoms with Crippen molar-refractivity contribution < 1.29 is 19.1 Å². The summed E-state index contributed by atoms with van der Waals surface area (Å²) in [6.07, 6.45) is 1.36. The van der Waals surface area contributed by atoms with E-state index in [0.717, 1.165) is 0 Å². The molecule has 0 atom stereocenters. The van der Waals surface area contributed by atoms with Crippen LogP contribution in [0.4, 0.5) is 5.69 Å². The molecule has 2 amide bonds. The van der Waals surface area contributed by atoms with Crippen molar-refractivity contribution in [2.45, 2.75) is 0 Å². The molecule has 3 aromatic carbocycles. The highest BCUT2D eigenvalue weighted by molar-refractivity contribution is 6.39. The summed E-state index contributed by atoms with van der Waals surface area (Å²) in [7, 11) is 0. The van der Waals surface area contributed by atoms with Crippen molar-refractivity contribution in [3.8, 4) is 5.75 Å². The van der Waals surface area contributed by atoms with Crippen molar-refractivity contribution in [2.24, 2.45) is 5.10 Å². The zero-order chi connectivity index (χ0) is 21.3. The lowest BCUT2D eigenvalue weighted by molar-refractivity contribution is -0.136. The third-order valence-corrected chi connectivity index (χ3v) is 4.04. The van der Waals surface area contributed by atoms with Crippen LogP contribution in [0.25, 0.3) is 0 Å². The molecule has 0 heterocycles. The first-order valence-electron chi connectivity index (χ1n) is 8.78. The van der Waals surface area contributed by atoms with Crippen molar-refractivity contribution >= 4 is 41.3 Å². The molecule has 0 aliphatic rings. The minimum absolute atomic E-state index is 0.346. The maximum absolute atomic E-state index is 12.1. The average Bonchev–Trinajstić information content (AvgIpc) is 2.76. The Balaban J connectivity index is 1.50. The van der Waals surface area contributed by atoms with E-state index >= 15 is 0 Å². The van der Waals surface area contributed by atoms with Gasteiger partial charge in [0.25, 0.3) is 0 Å². The van der Waals surface area contributed by atoms with Gasteiger partial charge in [-0.1, -0.05) is 29.8 Å². The summed E-state index contributed by atoms with van der Waals surface area (Å²) in [4.78, 5) is 35.6. The Morgan fingerprint density at radius 1 is 0.833 bits per heavy atom. The number of carbonyl (C=O) groups is 3. The van der Waals surface area contributed by atoms with E-state index in [2.05, 4.69) is 15.8 Å². The van der Waals surface area contributed by atoms with E-state index in [0.29, 0.717) is 27.6 Å². The Labute approximate surface area is 177 Å². The third-order valence-electron chi connectivity index (χ3n) is 3.79. The van der Waals surface area contributed by atoms with Gasteiger partial charge < -0.3 is 10.1 Å². The van der Waals surface area contributed by atoms with Crippen LogP contribution in [-0.2, 0) is 9.59 Å². The van der Waals surface area contributed by atoms with E-state index in [1.165, 1.54) is 6.21 Å². The maximum atomic E-state index is 12.1. The molecule has 0 radical (unpaired) electrons. The molecule has 0 spiro atoms. The second-order valence-corrected chi connectivity index (χ2v) is 6.42. The molecule has 3 rings (SSSR count). The molecular formula is C22H16ClN3O4. The lowest BCUT2D eigenvalue weighted by atomic mass is 10.2. The van der Waals surface area contributed by atoms with Crippen LogP contribution in [-0.4, -0.2) is 24.0 Å². The summed E-state index contributed by atoms with van der Waals surface area (Å²) in [6, 6.07) is 21.4. The number of halogens is 1. The summed E-state index contributed by atoms with van der Waals surface area (Å²) in [5.74, 6) is -1.89. The van der Waals surface area contributed by atoms with Gasteiger partial charge in [0.15, 0.2) is 0 Å². The number of esters is 1. The lowest BCUT2D eigenvalue weighted by Gasteiger charge is -2.05. The summed E-state index contributed by atoms with van der Waals surface area (Å²) < 4.78 is 5.28. The van der Waals surface area contributed by atoms with Crippen molar-refractivity contribution in [1.82, 2.24) is 5.43 Å². The van der Waals surface area contributed by atoms with Gasteiger partial charge in [0.2, 0.25) is 0 Å². The van der Waals surface area contributed by atoms with Crippen LogP contribution in [0.15, 0.2) is 84.0 Å². The number of ether oxygens (including phenoxy) is 1. The van der Waals surface area contributed by atoms with Crippen molar-refractivity contribution in [3.63, 3.8) is 0 Å². The molecule has 0 saturated carbocycles. The van der Waals surface area contributed by atoms with Gasteiger partial charge in [0.1, 0.15) is 5.75 Å². The van der Waals surface area contributed by atoms with E-state index in [9.17, 15) is 14.4 Å². The molecule has 0 aliphatic heterocycles. The second kappa shape index (κ2) is 9.99. The molecule has 0 aliphatic carbocycles. The highest BCUT2D eigenvalue weighted by Crippen LogP contribution is 2.15. The minimum Gasteiger partial charge on any atom is -0.423 e. The number of amides is 2. The number of rotatable bonds is 5. The van der Waals surface area contributed by atoms with E-state index in [4.69, 9.17) is 16.3 Å². The third kappa shape index (κ3) is 6.02. The summed E-state index contributed by atoms with van der Waals surface area (Å²) in [5, 5.41) is 6.72. The van der Waals surface area contributed by atoms with Gasteiger partial charge in [-0.05, 0) is 66.2 Å². The topological polar surface area (TPSA) is 96.9 Å². The Morgan fingerprint density at radius 2 is 1.50 bits per heavy atom. The average molecular weight is 422 g/mol. The number of hydrogen-bond acceptors (Lipinski definition) is 5. The second-order valence-electron chi connectivity index (χ2n) is 5.98. The predicted molar refractivity (Wildman–Crippen MR) is 114 cm³/mol. The monoisotopic (exact) mass is 421 g/mol. The molecule has 3 aromatic rings. The van der Waals surface area contributed by atoms with Gasteiger partial charge in [-0.2, -0.15) is 5.10 Å². The zero-order valence-corrected chi connectivity index (χ0v) is 16.3. The number of carbonyl (C=O) groups excluding carboxylic acids is 3. The number of anilines is 1. The first-order chi connectivity index (χ1) is 14.5. The van der Waals surface area contributed by atoms with Crippen molar-refractivity contribution in [3.05, 3.63) is 95.0 Å². The standard InChI is InChI=1S/C22H16ClN3O4/c23-17-10-8-16(9-11-17)22(29)30-19-12-6-15(7-13-19)14-24-26-21(28)20(27)25-18-4-2-1-3-5-18/h1-14H,(H,25,27)(H,26,28). The van der Waals surface area contributed by atoms with Crippen molar-refractivity contribution in [1.29, 1.82) is 0 Å². The van der Waals surface area contributed by atoms with Crippen LogP contribution in [0.3, 0.4) is 0 Å². The molecule has 2 N–H and O–H groups in total. The van der Waals surface area contributed by atoms with E-state index in [-0.39, 0.29) is 0 Å². The Bertz CT molecular complexity index is 1070. The van der Waals surface area contributed by atoms with Crippen LogP contribution in [0.1, 0.15) is 15.9 Å². The molecule has 150 valence electrons. The summed E-state index contributed by atoms with van der Waals surface area (Å²) in [5.41, 5.74) is 3.66. The van der Waals surface area contributed by atoms with Gasteiger partial charge in [-0.25, -0.2) is 10.2 Å². The minimum atomic E-state index is -0.899. The molecule has 30 heavy (non-hydrogen) atoms. The molecule has 0 fully saturated rings. The van der Waals surface area contributed by atoms with Crippen LogP contribution in [0, 0.1) is 0 Å². The highest BCUT2D eigenvalue weighted by atomic mass is 35.5. The number of hydrogen-bond donors (Lipinski definition) is 2.